The molecule has 2 heterocycles. The number of aromatic nitrogens is 2. The Morgan fingerprint density at radius 2 is 2.07 bits per heavy atom. The van der Waals surface area contributed by atoms with E-state index in [2.05, 4.69) is 9.97 Å². The van der Waals surface area contributed by atoms with Crippen LogP contribution in [0.5, 0.6) is 0 Å². The normalized spacial score (nSPS) is 9.21. The quantitative estimate of drug-likeness (QED) is 0.627. The molecular weight excluding hydrogens is 219 g/mol. The third-order valence-electron chi connectivity index (χ3n) is 1.71. The molecule has 2 aromatic rings. The third-order valence-corrected chi connectivity index (χ3v) is 1.94. The van der Waals surface area contributed by atoms with Crippen LogP contribution in [0, 0.1) is 0 Å². The number of pyridine rings is 2. The first-order valence-corrected chi connectivity index (χ1v) is 4.33. The summed E-state index contributed by atoms with van der Waals surface area (Å²) in [5.41, 5.74) is 1.82. The maximum atomic E-state index is 5.84. The summed E-state index contributed by atoms with van der Waals surface area (Å²) < 4.78 is 0. The lowest BCUT2D eigenvalue weighted by Crippen LogP contribution is -3.00. The minimum absolute atomic E-state index is 0. The van der Waals surface area contributed by atoms with E-state index < -0.39 is 0 Å². The first-order valence-electron chi connectivity index (χ1n) is 3.95. The summed E-state index contributed by atoms with van der Waals surface area (Å²) in [5.74, 6) is 0. The van der Waals surface area contributed by atoms with Gasteiger partial charge in [-0.25, -0.2) is 9.97 Å². The van der Waals surface area contributed by atoms with Crippen molar-refractivity contribution < 1.29 is 17.4 Å². The largest absolute Gasteiger partial charge is 1.00 e. The molecule has 0 bridgehead atoms. The zero-order valence-corrected chi connectivity index (χ0v) is 8.76. The Labute approximate surface area is 93.4 Å². The third kappa shape index (κ3) is 2.44. The van der Waals surface area contributed by atoms with Crippen molar-refractivity contribution in [3.05, 3.63) is 47.7 Å². The van der Waals surface area contributed by atoms with Crippen LogP contribution in [0.2, 0.25) is 5.02 Å². The Morgan fingerprint density at radius 1 is 1.21 bits per heavy atom. The predicted molar refractivity (Wildman–Crippen MR) is 51.2 cm³/mol. The standard InChI is InChI=1S/C10H7ClN2.ClH/c11-8-4-6-13-10(7-8)9-3-1-2-5-12-9;/h1-7H;1H. The van der Waals surface area contributed by atoms with E-state index in [1.807, 2.05) is 30.5 Å². The molecule has 0 fully saturated rings. The van der Waals surface area contributed by atoms with E-state index in [0.29, 0.717) is 5.02 Å². The topological polar surface area (TPSA) is 27.0 Å². The van der Waals surface area contributed by atoms with Gasteiger partial charge in [0.05, 0.1) is 0 Å². The van der Waals surface area contributed by atoms with Gasteiger partial charge in [0, 0.05) is 23.4 Å². The van der Waals surface area contributed by atoms with Gasteiger partial charge in [0.15, 0.2) is 6.20 Å². The number of halogens is 2. The minimum Gasteiger partial charge on any atom is -1.00 e. The molecule has 0 aliphatic rings. The average Bonchev–Trinajstić information content (AvgIpc) is 2.19. The summed E-state index contributed by atoms with van der Waals surface area (Å²) in [5, 5.41) is 0.697. The van der Waals surface area contributed by atoms with Crippen LogP contribution < -0.4 is 17.4 Å². The van der Waals surface area contributed by atoms with E-state index >= 15 is 0 Å². The smallest absolute Gasteiger partial charge is 0.229 e. The van der Waals surface area contributed by atoms with Crippen molar-refractivity contribution >= 4 is 11.6 Å². The van der Waals surface area contributed by atoms with Crippen LogP contribution in [0.3, 0.4) is 0 Å². The molecule has 14 heavy (non-hydrogen) atoms. The second kappa shape index (κ2) is 4.94. The number of nitrogens with one attached hydrogen (secondary N) is 1. The van der Waals surface area contributed by atoms with E-state index in [9.17, 15) is 0 Å². The van der Waals surface area contributed by atoms with Crippen molar-refractivity contribution in [3.63, 3.8) is 0 Å². The molecule has 0 spiro atoms. The molecule has 2 rings (SSSR count). The van der Waals surface area contributed by atoms with Crippen LogP contribution in [0.25, 0.3) is 11.4 Å². The first kappa shape index (κ1) is 11.0. The van der Waals surface area contributed by atoms with Gasteiger partial charge in [-0.3, -0.25) is 0 Å². The fraction of sp³-hybridized carbons (Fsp3) is 0. The van der Waals surface area contributed by atoms with Crippen molar-refractivity contribution in [2.75, 3.05) is 0 Å². The summed E-state index contributed by atoms with van der Waals surface area (Å²) in [6, 6.07) is 9.42. The highest BCUT2D eigenvalue weighted by Gasteiger charge is 2.04. The second-order valence-corrected chi connectivity index (χ2v) is 3.07. The molecule has 2 nitrogen and oxygen atoms in total. The molecule has 2 aromatic heterocycles. The van der Waals surface area contributed by atoms with E-state index in [0.717, 1.165) is 11.4 Å². The first-order chi connectivity index (χ1) is 6.36. The van der Waals surface area contributed by atoms with E-state index in [1.165, 1.54) is 0 Å². The summed E-state index contributed by atoms with van der Waals surface area (Å²) in [4.78, 5) is 7.28. The maximum absolute atomic E-state index is 5.84. The second-order valence-electron chi connectivity index (χ2n) is 2.64. The van der Waals surface area contributed by atoms with E-state index in [-0.39, 0.29) is 12.4 Å². The number of hydrogen-bond donors (Lipinski definition) is 0. The van der Waals surface area contributed by atoms with Gasteiger partial charge in [-0.15, -0.1) is 0 Å². The average molecular weight is 227 g/mol. The van der Waals surface area contributed by atoms with Crippen LogP contribution in [0.15, 0.2) is 42.7 Å². The summed E-state index contributed by atoms with van der Waals surface area (Å²) in [6.45, 7) is 0. The van der Waals surface area contributed by atoms with Crippen LogP contribution >= 0.6 is 11.6 Å². The van der Waals surface area contributed by atoms with Crippen molar-refractivity contribution in [3.8, 4) is 11.4 Å². The van der Waals surface area contributed by atoms with Crippen LogP contribution in [0.1, 0.15) is 0 Å². The Hall–Kier alpha value is -1.12. The van der Waals surface area contributed by atoms with Gasteiger partial charge in [-0.1, -0.05) is 11.6 Å². The van der Waals surface area contributed by atoms with Crippen LogP contribution in [0.4, 0.5) is 0 Å². The zero-order valence-electron chi connectivity index (χ0n) is 7.24. The Kier molecular flexibility index (Phi) is 3.86. The number of aromatic amines is 1. The minimum atomic E-state index is 0. The zero-order chi connectivity index (χ0) is 9.10. The molecule has 4 heteroatoms. The van der Waals surface area contributed by atoms with Gasteiger partial charge in [-0.2, -0.15) is 0 Å². The highest BCUT2D eigenvalue weighted by atomic mass is 35.5. The van der Waals surface area contributed by atoms with Gasteiger partial charge >= 0.3 is 0 Å². The number of H-pyrrole nitrogens is 1. The predicted octanol–water partition coefficient (Wildman–Crippen LogP) is -0.780. The van der Waals surface area contributed by atoms with Crippen molar-refractivity contribution in [1.29, 1.82) is 0 Å². The van der Waals surface area contributed by atoms with E-state index in [1.54, 1.807) is 12.3 Å². The highest BCUT2D eigenvalue weighted by Crippen LogP contribution is 2.15. The Balaban J connectivity index is 0.000000980. The van der Waals surface area contributed by atoms with Crippen molar-refractivity contribution in [2.24, 2.45) is 0 Å². The number of hydrogen-bond acceptors (Lipinski definition) is 1. The fourth-order valence-electron chi connectivity index (χ4n) is 1.10. The summed E-state index contributed by atoms with van der Waals surface area (Å²) in [7, 11) is 0. The Bertz CT molecular complexity index is 404. The van der Waals surface area contributed by atoms with Gasteiger partial charge in [0.2, 0.25) is 5.69 Å². The van der Waals surface area contributed by atoms with Crippen molar-refractivity contribution in [1.82, 2.24) is 4.98 Å². The molecule has 0 saturated carbocycles. The van der Waals surface area contributed by atoms with Gasteiger partial charge in [-0.05, 0) is 18.2 Å². The molecule has 0 saturated heterocycles. The van der Waals surface area contributed by atoms with Crippen LogP contribution in [-0.4, -0.2) is 4.98 Å². The van der Waals surface area contributed by atoms with E-state index in [4.69, 9.17) is 11.6 Å². The molecule has 0 radical (unpaired) electrons. The summed E-state index contributed by atoms with van der Waals surface area (Å²) in [6.07, 6.45) is 3.55. The molecule has 0 aliphatic carbocycles. The monoisotopic (exact) mass is 226 g/mol. The number of rotatable bonds is 1. The van der Waals surface area contributed by atoms with Gasteiger partial charge in [0.1, 0.15) is 5.69 Å². The molecular formula is C10H8Cl2N2. The molecule has 0 amide bonds. The lowest BCUT2D eigenvalue weighted by molar-refractivity contribution is -0.364. The van der Waals surface area contributed by atoms with Gasteiger partial charge < -0.3 is 12.4 Å². The lowest BCUT2D eigenvalue weighted by Gasteiger charge is -1.93. The maximum Gasteiger partial charge on any atom is 0.229 e. The van der Waals surface area contributed by atoms with Crippen molar-refractivity contribution in [2.45, 2.75) is 0 Å². The molecule has 1 N–H and O–H groups in total. The molecule has 72 valence electrons. The molecule has 0 aromatic carbocycles. The molecule has 0 atom stereocenters. The SMILES string of the molecule is Clc1ccnc(-c2cccc[nH+]2)c1.[Cl-]. The van der Waals surface area contributed by atoms with Crippen LogP contribution in [-0.2, 0) is 0 Å². The molecule has 0 aliphatic heterocycles. The molecule has 0 unspecified atom stereocenters. The lowest BCUT2D eigenvalue weighted by atomic mass is 10.2. The Morgan fingerprint density at radius 3 is 2.71 bits per heavy atom. The number of nitrogens with zero attached hydrogens (tertiary/aromatic N) is 1. The fourth-order valence-corrected chi connectivity index (χ4v) is 1.26. The van der Waals surface area contributed by atoms with Gasteiger partial charge in [0.25, 0.3) is 0 Å². The summed E-state index contributed by atoms with van der Waals surface area (Å²) >= 11 is 5.84. The highest BCUT2D eigenvalue weighted by molar-refractivity contribution is 6.30.